The average molecular weight is 671 g/mol. The number of aryl methyl sites for hydroxylation is 1. The number of carbonyl (C=O) groups is 1. The largest absolute Gasteiger partial charge is 0.497 e. The van der Waals surface area contributed by atoms with Crippen LogP contribution in [-0.2, 0) is 20.4 Å². The zero-order chi connectivity index (χ0) is 28.8. The molecule has 1 aliphatic rings. The van der Waals surface area contributed by atoms with Gasteiger partial charge in [-0.05, 0) is 65.7 Å². The van der Waals surface area contributed by atoms with Crippen LogP contribution in [-0.4, -0.2) is 38.0 Å². The summed E-state index contributed by atoms with van der Waals surface area (Å²) >= 11 is 2.37. The van der Waals surface area contributed by atoms with E-state index in [0.717, 1.165) is 35.9 Å². The maximum Gasteiger partial charge on any atom is 0.309 e. The van der Waals surface area contributed by atoms with E-state index in [0.29, 0.717) is 6.61 Å². The van der Waals surface area contributed by atoms with E-state index in [4.69, 9.17) is 13.9 Å². The SMILES string of the molecule is COc1cccc(CC[C@@H]2C(=O)O[C@@](C)(CI)[C@H]2CCCO[Si](c2ccccc2)(c2ccccc2)C(C)(C)C)c1. The Morgan fingerprint density at radius 1 is 0.925 bits per heavy atom. The minimum atomic E-state index is -2.58. The summed E-state index contributed by atoms with van der Waals surface area (Å²) < 4.78 is 19.4. The highest BCUT2D eigenvalue weighted by molar-refractivity contribution is 14.1. The molecule has 4 nitrogen and oxygen atoms in total. The summed E-state index contributed by atoms with van der Waals surface area (Å²) in [5, 5.41) is 2.53. The fraction of sp³-hybridized carbons (Fsp3) is 0.441. The fourth-order valence-corrected chi connectivity index (χ4v) is 11.7. The molecule has 3 aromatic carbocycles. The van der Waals surface area contributed by atoms with Gasteiger partial charge in [-0.25, -0.2) is 0 Å². The first-order valence-corrected chi connectivity index (χ1v) is 17.7. The van der Waals surface area contributed by atoms with Crippen LogP contribution in [0.3, 0.4) is 0 Å². The molecular formula is C34H43IO4Si. The topological polar surface area (TPSA) is 44.8 Å². The standard InChI is InChI=1S/C34H43IO4Si/c1-33(2,3)40(28-16-8-6-9-17-28,29-18-10-7-11-19-29)38-23-13-20-31-30(32(36)39-34(31,4)25-35)22-21-26-14-12-15-27(24-26)37-5/h6-12,14-19,24,30-31H,13,20-23,25H2,1-5H3/t30-,31-,34-/m0/s1. The quantitative estimate of drug-likeness (QED) is 0.0687. The van der Waals surface area contributed by atoms with E-state index in [1.807, 2.05) is 12.1 Å². The van der Waals surface area contributed by atoms with Gasteiger partial charge in [-0.2, -0.15) is 0 Å². The summed E-state index contributed by atoms with van der Waals surface area (Å²) in [4.78, 5) is 13.1. The minimum absolute atomic E-state index is 0.0556. The number of carbonyl (C=O) groups excluding carboxylic acids is 1. The van der Waals surface area contributed by atoms with E-state index in [2.05, 4.69) is 123 Å². The number of benzene rings is 3. The molecule has 0 saturated carbocycles. The van der Waals surface area contributed by atoms with Gasteiger partial charge in [0.1, 0.15) is 11.4 Å². The Morgan fingerprint density at radius 2 is 1.55 bits per heavy atom. The molecule has 3 atom stereocenters. The molecule has 0 spiro atoms. The summed E-state index contributed by atoms with van der Waals surface area (Å²) in [5.41, 5.74) is 0.734. The van der Waals surface area contributed by atoms with Crippen molar-refractivity contribution in [3.8, 4) is 5.75 Å². The van der Waals surface area contributed by atoms with Crippen LogP contribution in [0.4, 0.5) is 0 Å². The summed E-state index contributed by atoms with van der Waals surface area (Å²) in [6.45, 7) is 9.69. The predicted molar refractivity (Wildman–Crippen MR) is 174 cm³/mol. The molecule has 0 amide bonds. The first-order valence-electron chi connectivity index (χ1n) is 14.3. The molecule has 0 unspecified atom stereocenters. The molecule has 0 aliphatic carbocycles. The molecule has 1 aliphatic heterocycles. The van der Waals surface area contributed by atoms with Gasteiger partial charge in [0, 0.05) is 17.0 Å². The van der Waals surface area contributed by atoms with Crippen LogP contribution >= 0.6 is 22.6 Å². The molecule has 3 aromatic rings. The van der Waals surface area contributed by atoms with Gasteiger partial charge in [0.15, 0.2) is 0 Å². The van der Waals surface area contributed by atoms with E-state index in [-0.39, 0.29) is 22.8 Å². The zero-order valence-electron chi connectivity index (χ0n) is 24.5. The number of methoxy groups -OCH3 is 1. The van der Waals surface area contributed by atoms with E-state index in [1.165, 1.54) is 15.9 Å². The maximum atomic E-state index is 13.1. The van der Waals surface area contributed by atoms with Crippen LogP contribution in [0.15, 0.2) is 84.9 Å². The van der Waals surface area contributed by atoms with E-state index < -0.39 is 13.9 Å². The first kappa shape index (κ1) is 30.8. The molecule has 0 bridgehead atoms. The Bertz CT molecular complexity index is 1200. The average Bonchev–Trinajstić information content (AvgIpc) is 3.21. The Kier molecular flexibility index (Phi) is 10.2. The third-order valence-corrected chi connectivity index (χ3v) is 15.0. The second-order valence-electron chi connectivity index (χ2n) is 12.1. The molecule has 6 heteroatoms. The number of hydrogen-bond donors (Lipinski definition) is 0. The Morgan fingerprint density at radius 3 is 2.10 bits per heavy atom. The summed E-state index contributed by atoms with van der Waals surface area (Å²) in [7, 11) is -0.896. The van der Waals surface area contributed by atoms with Crippen molar-refractivity contribution in [2.45, 2.75) is 64.0 Å². The highest BCUT2D eigenvalue weighted by Gasteiger charge is 2.52. The number of esters is 1. The van der Waals surface area contributed by atoms with E-state index in [9.17, 15) is 4.79 Å². The highest BCUT2D eigenvalue weighted by atomic mass is 127. The lowest BCUT2D eigenvalue weighted by molar-refractivity contribution is -0.148. The van der Waals surface area contributed by atoms with E-state index >= 15 is 0 Å². The van der Waals surface area contributed by atoms with Gasteiger partial charge in [-0.15, -0.1) is 0 Å². The molecule has 0 aromatic heterocycles. The number of cyclic esters (lactones) is 1. The smallest absolute Gasteiger partial charge is 0.309 e. The van der Waals surface area contributed by atoms with Gasteiger partial charge in [0.05, 0.1) is 13.0 Å². The fourth-order valence-electron chi connectivity index (χ4n) is 6.36. The lowest BCUT2D eigenvalue weighted by atomic mass is 9.77. The summed E-state index contributed by atoms with van der Waals surface area (Å²) in [6, 6.07) is 29.7. The summed E-state index contributed by atoms with van der Waals surface area (Å²) in [5.74, 6) is 0.838. The molecule has 1 saturated heterocycles. The van der Waals surface area contributed by atoms with Crippen molar-refractivity contribution in [3.63, 3.8) is 0 Å². The van der Waals surface area contributed by atoms with E-state index in [1.54, 1.807) is 7.11 Å². The molecule has 214 valence electrons. The number of hydrogen-bond acceptors (Lipinski definition) is 4. The van der Waals surface area contributed by atoms with Crippen molar-refractivity contribution in [2.24, 2.45) is 11.8 Å². The van der Waals surface area contributed by atoms with Crippen molar-refractivity contribution in [2.75, 3.05) is 18.1 Å². The van der Waals surface area contributed by atoms with Gasteiger partial charge in [-0.3, -0.25) is 4.79 Å². The van der Waals surface area contributed by atoms with Crippen LogP contribution in [0.2, 0.25) is 5.04 Å². The van der Waals surface area contributed by atoms with Crippen LogP contribution in [0.1, 0.15) is 52.5 Å². The maximum absolute atomic E-state index is 13.1. The molecule has 4 rings (SSSR count). The first-order chi connectivity index (χ1) is 19.1. The Hall–Kier alpha value is -2.16. The van der Waals surface area contributed by atoms with Crippen LogP contribution in [0.25, 0.3) is 0 Å². The van der Waals surface area contributed by atoms with Crippen LogP contribution in [0.5, 0.6) is 5.75 Å². The third kappa shape index (κ3) is 6.49. The molecule has 1 heterocycles. The Balaban J connectivity index is 1.52. The molecule has 40 heavy (non-hydrogen) atoms. The molecule has 0 N–H and O–H groups in total. The van der Waals surface area contributed by atoms with Crippen molar-refractivity contribution < 1.29 is 18.7 Å². The third-order valence-electron chi connectivity index (χ3n) is 8.44. The van der Waals surface area contributed by atoms with Gasteiger partial charge in [0.25, 0.3) is 8.32 Å². The predicted octanol–water partition coefficient (Wildman–Crippen LogP) is 6.97. The van der Waals surface area contributed by atoms with Crippen molar-refractivity contribution in [1.82, 2.24) is 0 Å². The lowest BCUT2D eigenvalue weighted by Gasteiger charge is -2.43. The molecule has 1 fully saturated rings. The van der Waals surface area contributed by atoms with Crippen LogP contribution in [0, 0.1) is 11.8 Å². The number of alkyl halides is 1. The van der Waals surface area contributed by atoms with Gasteiger partial charge >= 0.3 is 5.97 Å². The number of rotatable bonds is 12. The van der Waals surface area contributed by atoms with Gasteiger partial charge in [0.2, 0.25) is 0 Å². The molecular weight excluding hydrogens is 627 g/mol. The van der Waals surface area contributed by atoms with Crippen molar-refractivity contribution in [1.29, 1.82) is 0 Å². The lowest BCUT2D eigenvalue weighted by Crippen LogP contribution is -2.66. The normalized spacial score (nSPS) is 21.3. The Labute approximate surface area is 255 Å². The molecule has 0 radical (unpaired) electrons. The van der Waals surface area contributed by atoms with Crippen LogP contribution < -0.4 is 15.1 Å². The zero-order valence-corrected chi connectivity index (χ0v) is 27.6. The van der Waals surface area contributed by atoms with Crippen molar-refractivity contribution >= 4 is 47.3 Å². The van der Waals surface area contributed by atoms with Gasteiger partial charge < -0.3 is 13.9 Å². The summed E-state index contributed by atoms with van der Waals surface area (Å²) in [6.07, 6.45) is 3.38. The number of halogens is 1. The number of ether oxygens (including phenoxy) is 2. The van der Waals surface area contributed by atoms with Crippen molar-refractivity contribution in [3.05, 3.63) is 90.5 Å². The minimum Gasteiger partial charge on any atom is -0.497 e. The highest BCUT2D eigenvalue weighted by Crippen LogP contribution is 2.44. The van der Waals surface area contributed by atoms with Gasteiger partial charge in [-0.1, -0.05) is 116 Å². The second-order valence-corrected chi connectivity index (χ2v) is 17.2. The monoisotopic (exact) mass is 670 g/mol. The second kappa shape index (κ2) is 13.2.